The lowest BCUT2D eigenvalue weighted by molar-refractivity contribution is 0.298. The van der Waals surface area contributed by atoms with Crippen molar-refractivity contribution in [3.8, 4) is 0 Å². The molecule has 3 nitrogen and oxygen atoms in total. The maximum atomic E-state index is 4.48. The van der Waals surface area contributed by atoms with E-state index in [0.717, 1.165) is 37.6 Å². The van der Waals surface area contributed by atoms with E-state index in [1.165, 1.54) is 18.5 Å². The molecule has 0 fully saturated rings. The Hall–Kier alpha value is -0.930. The van der Waals surface area contributed by atoms with Gasteiger partial charge in [0, 0.05) is 17.9 Å². The first-order valence-electron chi connectivity index (χ1n) is 7.03. The van der Waals surface area contributed by atoms with Crippen LogP contribution in [-0.2, 0) is 6.54 Å². The highest BCUT2D eigenvalue weighted by atomic mass is 15.1. The number of aromatic nitrogens is 1. The molecule has 1 aromatic rings. The molecule has 0 aliphatic carbocycles. The van der Waals surface area contributed by atoms with Crippen molar-refractivity contribution in [2.24, 2.45) is 0 Å². The number of rotatable bonds is 8. The van der Waals surface area contributed by atoms with Gasteiger partial charge in [-0.15, -0.1) is 0 Å². The van der Waals surface area contributed by atoms with E-state index in [1.54, 1.807) is 0 Å². The Balaban J connectivity index is 2.21. The van der Waals surface area contributed by atoms with Crippen molar-refractivity contribution in [3.63, 3.8) is 0 Å². The molecule has 0 saturated carbocycles. The molecule has 0 aromatic carbocycles. The van der Waals surface area contributed by atoms with Crippen LogP contribution < -0.4 is 5.32 Å². The van der Waals surface area contributed by atoms with Gasteiger partial charge in [0.1, 0.15) is 0 Å². The van der Waals surface area contributed by atoms with Crippen LogP contribution in [0.3, 0.4) is 0 Å². The molecule has 0 spiro atoms. The molecule has 0 atom stereocenters. The lowest BCUT2D eigenvalue weighted by Crippen LogP contribution is -2.27. The van der Waals surface area contributed by atoms with Crippen LogP contribution in [0, 0.1) is 13.8 Å². The van der Waals surface area contributed by atoms with Crippen LogP contribution in [0.1, 0.15) is 37.2 Å². The van der Waals surface area contributed by atoms with Gasteiger partial charge in [-0.3, -0.25) is 4.98 Å². The number of pyridine rings is 1. The average molecular weight is 249 g/mol. The molecule has 1 N–H and O–H groups in total. The van der Waals surface area contributed by atoms with Gasteiger partial charge in [0.05, 0.1) is 0 Å². The molecule has 1 heterocycles. The van der Waals surface area contributed by atoms with Crippen LogP contribution in [0.4, 0.5) is 0 Å². The average Bonchev–Trinajstić information content (AvgIpc) is 2.36. The molecule has 3 heteroatoms. The van der Waals surface area contributed by atoms with Crippen LogP contribution in [-0.4, -0.2) is 36.1 Å². The number of hydrogen-bond donors (Lipinski definition) is 1. The zero-order valence-electron chi connectivity index (χ0n) is 12.3. The van der Waals surface area contributed by atoms with Crippen LogP contribution in [0.25, 0.3) is 0 Å². The zero-order chi connectivity index (χ0) is 13.4. The lowest BCUT2D eigenvalue weighted by Gasteiger charge is -2.17. The monoisotopic (exact) mass is 249 g/mol. The molecule has 1 aromatic heterocycles. The van der Waals surface area contributed by atoms with Crippen LogP contribution in [0.15, 0.2) is 12.1 Å². The minimum Gasteiger partial charge on any atom is -0.313 e. The first-order valence-corrected chi connectivity index (χ1v) is 7.03. The fraction of sp³-hybridized carbons (Fsp3) is 0.667. The molecular formula is C15H27N3. The van der Waals surface area contributed by atoms with Gasteiger partial charge in [0.2, 0.25) is 0 Å². The van der Waals surface area contributed by atoms with Gasteiger partial charge in [-0.25, -0.2) is 0 Å². The van der Waals surface area contributed by atoms with E-state index in [9.17, 15) is 0 Å². The van der Waals surface area contributed by atoms with E-state index >= 15 is 0 Å². The maximum absolute atomic E-state index is 4.48. The van der Waals surface area contributed by atoms with Crippen molar-refractivity contribution in [3.05, 3.63) is 29.1 Å². The topological polar surface area (TPSA) is 28.2 Å². The van der Waals surface area contributed by atoms with E-state index in [-0.39, 0.29) is 0 Å². The highest BCUT2D eigenvalue weighted by molar-refractivity contribution is 5.21. The molecule has 0 aliphatic heterocycles. The first kappa shape index (κ1) is 15.1. The number of nitrogens with zero attached hydrogens (tertiary/aromatic N) is 2. The summed E-state index contributed by atoms with van der Waals surface area (Å²) >= 11 is 0. The number of aryl methyl sites for hydroxylation is 2. The molecule has 0 bridgehead atoms. The minimum absolute atomic E-state index is 0.928. The predicted octanol–water partition coefficient (Wildman–Crippen LogP) is 2.52. The third-order valence-electron chi connectivity index (χ3n) is 3.37. The molecule has 102 valence electrons. The summed E-state index contributed by atoms with van der Waals surface area (Å²) in [7, 11) is 0. The summed E-state index contributed by atoms with van der Waals surface area (Å²) in [6.45, 7) is 14.0. The van der Waals surface area contributed by atoms with Crippen molar-refractivity contribution in [1.29, 1.82) is 0 Å². The van der Waals surface area contributed by atoms with Crippen molar-refractivity contribution >= 4 is 0 Å². The number of nitrogens with one attached hydrogen (secondary N) is 1. The first-order chi connectivity index (χ1) is 8.67. The Morgan fingerprint density at radius 2 is 1.89 bits per heavy atom. The summed E-state index contributed by atoms with van der Waals surface area (Å²) in [5.41, 5.74) is 3.55. The molecule has 0 amide bonds. The van der Waals surface area contributed by atoms with Gasteiger partial charge < -0.3 is 10.2 Å². The molecule has 0 aliphatic rings. The Morgan fingerprint density at radius 3 is 2.50 bits per heavy atom. The summed E-state index contributed by atoms with van der Waals surface area (Å²) in [4.78, 5) is 6.94. The van der Waals surface area contributed by atoms with Gasteiger partial charge in [-0.05, 0) is 58.1 Å². The lowest BCUT2D eigenvalue weighted by atomic mass is 10.2. The van der Waals surface area contributed by atoms with Crippen LogP contribution in [0.5, 0.6) is 0 Å². The maximum Gasteiger partial charge on any atom is 0.0420 e. The van der Waals surface area contributed by atoms with Gasteiger partial charge in [-0.1, -0.05) is 19.9 Å². The third-order valence-corrected chi connectivity index (χ3v) is 3.37. The summed E-state index contributed by atoms with van der Waals surface area (Å²) in [5, 5.41) is 3.50. The SMILES string of the molecule is CCN(CC)CCCNCc1ccc(C)nc1C. The fourth-order valence-corrected chi connectivity index (χ4v) is 2.09. The van der Waals surface area contributed by atoms with Crippen molar-refractivity contribution in [2.75, 3.05) is 26.2 Å². The Morgan fingerprint density at radius 1 is 1.17 bits per heavy atom. The van der Waals surface area contributed by atoms with E-state index in [2.05, 4.69) is 48.1 Å². The summed E-state index contributed by atoms with van der Waals surface area (Å²) < 4.78 is 0. The molecule has 18 heavy (non-hydrogen) atoms. The summed E-state index contributed by atoms with van der Waals surface area (Å²) in [6.07, 6.45) is 1.21. The fourth-order valence-electron chi connectivity index (χ4n) is 2.09. The standard InChI is InChI=1S/C15H27N3/c1-5-18(6-2)11-7-10-16-12-15-9-8-13(3)17-14(15)4/h8-9,16H,5-7,10-12H2,1-4H3. The predicted molar refractivity (Wildman–Crippen MR) is 77.8 cm³/mol. The Labute approximate surface area is 112 Å². The van der Waals surface area contributed by atoms with Crippen LogP contribution in [0.2, 0.25) is 0 Å². The summed E-state index contributed by atoms with van der Waals surface area (Å²) in [5.74, 6) is 0. The zero-order valence-corrected chi connectivity index (χ0v) is 12.3. The van der Waals surface area contributed by atoms with E-state index in [0.29, 0.717) is 0 Å². The largest absolute Gasteiger partial charge is 0.313 e. The Kier molecular flexibility index (Phi) is 6.91. The third kappa shape index (κ3) is 5.15. The van der Waals surface area contributed by atoms with Crippen LogP contribution >= 0.6 is 0 Å². The molecule has 1 rings (SSSR count). The van der Waals surface area contributed by atoms with Gasteiger partial charge in [0.15, 0.2) is 0 Å². The van der Waals surface area contributed by atoms with E-state index in [4.69, 9.17) is 0 Å². The van der Waals surface area contributed by atoms with Gasteiger partial charge in [0.25, 0.3) is 0 Å². The normalized spacial score (nSPS) is 11.2. The second-order valence-corrected chi connectivity index (χ2v) is 4.75. The molecule has 0 radical (unpaired) electrons. The molecule has 0 saturated heterocycles. The quantitative estimate of drug-likeness (QED) is 0.718. The number of hydrogen-bond acceptors (Lipinski definition) is 3. The molecule has 0 unspecified atom stereocenters. The minimum atomic E-state index is 0.928. The molecular weight excluding hydrogens is 222 g/mol. The second kappa shape index (κ2) is 8.22. The highest BCUT2D eigenvalue weighted by Crippen LogP contribution is 2.05. The van der Waals surface area contributed by atoms with E-state index < -0.39 is 0 Å². The highest BCUT2D eigenvalue weighted by Gasteiger charge is 2.00. The van der Waals surface area contributed by atoms with Gasteiger partial charge >= 0.3 is 0 Å². The van der Waals surface area contributed by atoms with Gasteiger partial charge in [-0.2, -0.15) is 0 Å². The van der Waals surface area contributed by atoms with Crippen molar-refractivity contribution in [2.45, 2.75) is 40.7 Å². The van der Waals surface area contributed by atoms with Crippen molar-refractivity contribution in [1.82, 2.24) is 15.2 Å². The summed E-state index contributed by atoms with van der Waals surface area (Å²) in [6, 6.07) is 4.26. The van der Waals surface area contributed by atoms with Crippen molar-refractivity contribution < 1.29 is 0 Å². The smallest absolute Gasteiger partial charge is 0.0420 e. The van der Waals surface area contributed by atoms with E-state index in [1.807, 2.05) is 6.92 Å². The Bertz CT molecular complexity index is 346. The second-order valence-electron chi connectivity index (χ2n) is 4.75.